The number of Topliss-reactive ketones (excluding diaryl/α,β-unsaturated/α-hetero) is 1. The molecule has 6 heteroatoms. The molecule has 0 amide bonds. The number of hydrogen-bond acceptors (Lipinski definition) is 6. The molecule has 1 N–H and O–H groups in total. The zero-order valence-electron chi connectivity index (χ0n) is 19.2. The fraction of sp³-hybridized carbons (Fsp3) is 0.880. The first kappa shape index (κ1) is 21.4. The van der Waals surface area contributed by atoms with E-state index in [1.807, 2.05) is 0 Å². The molecular weight excluding hydrogens is 392 g/mol. The van der Waals surface area contributed by atoms with Gasteiger partial charge >= 0.3 is 5.97 Å². The Kier molecular flexibility index (Phi) is 5.64. The second-order valence-corrected chi connectivity index (χ2v) is 11.2. The molecule has 4 saturated carbocycles. The van der Waals surface area contributed by atoms with Gasteiger partial charge in [0, 0.05) is 37.1 Å². The van der Waals surface area contributed by atoms with E-state index in [9.17, 15) is 9.59 Å². The molecule has 5 aliphatic rings. The zero-order chi connectivity index (χ0) is 21.6. The largest absolute Gasteiger partial charge is 0.465 e. The van der Waals surface area contributed by atoms with Gasteiger partial charge in [0.1, 0.15) is 11.9 Å². The van der Waals surface area contributed by atoms with E-state index in [4.69, 9.17) is 9.57 Å². The summed E-state index contributed by atoms with van der Waals surface area (Å²) in [5, 5.41) is 7.91. The highest BCUT2D eigenvalue weighted by Gasteiger charge is 2.61. The van der Waals surface area contributed by atoms with Crippen LogP contribution in [0.4, 0.5) is 0 Å². The lowest BCUT2D eigenvalue weighted by Gasteiger charge is -2.60. The van der Waals surface area contributed by atoms with Crippen LogP contribution in [0.1, 0.15) is 78.1 Å². The Morgan fingerprint density at radius 3 is 2.77 bits per heavy atom. The number of esters is 1. The summed E-state index contributed by atoms with van der Waals surface area (Å²) in [6, 6.07) is 0. The molecular formula is C25H38N2O4. The third kappa shape index (κ3) is 3.63. The first-order valence-electron chi connectivity index (χ1n) is 12.5. The van der Waals surface area contributed by atoms with Gasteiger partial charge in [0.15, 0.2) is 0 Å². The smallest absolute Gasteiger partial charge is 0.302 e. The van der Waals surface area contributed by atoms with Crippen LogP contribution in [0.15, 0.2) is 5.16 Å². The average Bonchev–Trinajstić information content (AvgIpc) is 3.38. The second-order valence-electron chi connectivity index (χ2n) is 11.2. The molecule has 5 fully saturated rings. The van der Waals surface area contributed by atoms with Gasteiger partial charge in [0.05, 0.1) is 12.3 Å². The minimum absolute atomic E-state index is 0.0372. The van der Waals surface area contributed by atoms with Crippen molar-refractivity contribution in [3.05, 3.63) is 0 Å². The van der Waals surface area contributed by atoms with Gasteiger partial charge in [-0.3, -0.25) is 9.59 Å². The van der Waals surface area contributed by atoms with Crippen LogP contribution in [0.25, 0.3) is 0 Å². The highest BCUT2D eigenvalue weighted by Crippen LogP contribution is 2.65. The summed E-state index contributed by atoms with van der Waals surface area (Å²) in [5.41, 5.74) is 1.11. The standard InChI is InChI=1S/C25H38N2O4/c1-16(28)30-15-25-11-7-18(27-31-19-9-12-26-14-19)13-17(25)3-4-20-21-5-6-23(29)24(21,2)10-8-22(20)25/h17,19-22,26H,3-15H2,1-2H3/t17?,19?,20?,21?,22?,24-,25+/m0/s1. The normalized spacial score (nSPS) is 45.7. The molecule has 1 aliphatic heterocycles. The fourth-order valence-electron chi connectivity index (χ4n) is 8.10. The van der Waals surface area contributed by atoms with Crippen molar-refractivity contribution < 1.29 is 19.2 Å². The van der Waals surface area contributed by atoms with E-state index < -0.39 is 0 Å². The number of fused-ring (bicyclic) bond motifs is 5. The maximum absolute atomic E-state index is 12.7. The molecule has 172 valence electrons. The van der Waals surface area contributed by atoms with Crippen LogP contribution in [0, 0.1) is 34.5 Å². The van der Waals surface area contributed by atoms with Crippen LogP contribution in [0.3, 0.4) is 0 Å². The van der Waals surface area contributed by atoms with Gasteiger partial charge in [-0.2, -0.15) is 0 Å². The Hall–Kier alpha value is -1.43. The highest BCUT2D eigenvalue weighted by molar-refractivity contribution is 5.87. The van der Waals surface area contributed by atoms with Gasteiger partial charge in [-0.25, -0.2) is 0 Å². The van der Waals surface area contributed by atoms with Crippen molar-refractivity contribution >= 4 is 17.5 Å². The molecule has 1 saturated heterocycles. The zero-order valence-corrected chi connectivity index (χ0v) is 19.2. The second kappa shape index (κ2) is 8.17. The van der Waals surface area contributed by atoms with Crippen LogP contribution in [0.5, 0.6) is 0 Å². The van der Waals surface area contributed by atoms with Gasteiger partial charge in [-0.15, -0.1) is 0 Å². The molecule has 31 heavy (non-hydrogen) atoms. The van der Waals surface area contributed by atoms with Crippen molar-refractivity contribution in [1.29, 1.82) is 0 Å². The van der Waals surface area contributed by atoms with E-state index in [2.05, 4.69) is 17.4 Å². The maximum atomic E-state index is 12.7. The number of oxime groups is 1. The molecule has 0 spiro atoms. The number of carbonyl (C=O) groups excluding carboxylic acids is 2. The third-order valence-electron chi connectivity index (χ3n) is 9.80. The van der Waals surface area contributed by atoms with E-state index in [0.29, 0.717) is 36.1 Å². The van der Waals surface area contributed by atoms with E-state index in [-0.39, 0.29) is 22.9 Å². The van der Waals surface area contributed by atoms with Gasteiger partial charge in [-0.05, 0) is 81.6 Å². The lowest BCUT2D eigenvalue weighted by atomic mass is 9.45. The fourth-order valence-corrected chi connectivity index (χ4v) is 8.10. The number of ether oxygens (including phenoxy) is 1. The van der Waals surface area contributed by atoms with E-state index in [1.165, 1.54) is 19.1 Å². The molecule has 5 unspecified atom stereocenters. The number of nitrogens with zero attached hydrogens (tertiary/aromatic N) is 1. The molecule has 0 bridgehead atoms. The average molecular weight is 431 g/mol. The first-order chi connectivity index (χ1) is 14.9. The van der Waals surface area contributed by atoms with Crippen LogP contribution >= 0.6 is 0 Å². The summed E-state index contributed by atoms with van der Waals surface area (Å²) in [4.78, 5) is 30.3. The summed E-state index contributed by atoms with van der Waals surface area (Å²) in [6.45, 7) is 6.19. The van der Waals surface area contributed by atoms with Gasteiger partial charge in [-0.1, -0.05) is 12.1 Å². The molecule has 0 radical (unpaired) electrons. The number of ketones is 1. The van der Waals surface area contributed by atoms with Crippen molar-refractivity contribution in [3.63, 3.8) is 0 Å². The summed E-state index contributed by atoms with van der Waals surface area (Å²) in [7, 11) is 0. The SMILES string of the molecule is CC(=O)OC[C@]12CCC(=NOC3CCNC3)CC1CCC1C2CC[C@]2(C)C(=O)CCC12. The Balaban J connectivity index is 1.37. The molecule has 4 aliphatic carbocycles. The van der Waals surface area contributed by atoms with Crippen molar-refractivity contribution in [3.8, 4) is 0 Å². The highest BCUT2D eigenvalue weighted by atomic mass is 16.6. The number of nitrogens with one attached hydrogen (secondary N) is 1. The van der Waals surface area contributed by atoms with Gasteiger partial charge in [0.25, 0.3) is 0 Å². The molecule has 0 aromatic heterocycles. The minimum atomic E-state index is -0.177. The predicted molar refractivity (Wildman–Crippen MR) is 117 cm³/mol. The summed E-state index contributed by atoms with van der Waals surface area (Å²) in [5.74, 6) is 2.47. The molecule has 6 nitrogen and oxygen atoms in total. The van der Waals surface area contributed by atoms with Crippen LogP contribution in [-0.4, -0.2) is 43.3 Å². The summed E-state index contributed by atoms with van der Waals surface area (Å²) in [6.07, 6.45) is 10.4. The molecule has 1 heterocycles. The maximum Gasteiger partial charge on any atom is 0.302 e. The number of carbonyl (C=O) groups is 2. The van der Waals surface area contributed by atoms with Crippen molar-refractivity contribution in [2.45, 2.75) is 84.2 Å². The minimum Gasteiger partial charge on any atom is -0.465 e. The van der Waals surface area contributed by atoms with Crippen LogP contribution < -0.4 is 5.32 Å². The topological polar surface area (TPSA) is 77.0 Å². The Bertz CT molecular complexity index is 761. The van der Waals surface area contributed by atoms with E-state index in [1.54, 1.807) is 0 Å². The van der Waals surface area contributed by atoms with Gasteiger partial charge < -0.3 is 14.9 Å². The molecule has 5 rings (SSSR count). The molecule has 0 aromatic carbocycles. The van der Waals surface area contributed by atoms with Crippen molar-refractivity contribution in [2.75, 3.05) is 19.7 Å². The lowest BCUT2D eigenvalue weighted by molar-refractivity contribution is -0.163. The van der Waals surface area contributed by atoms with Gasteiger partial charge in [0.2, 0.25) is 0 Å². The monoisotopic (exact) mass is 430 g/mol. The predicted octanol–water partition coefficient (Wildman–Crippen LogP) is 3.88. The summed E-state index contributed by atoms with van der Waals surface area (Å²) < 4.78 is 5.74. The lowest BCUT2D eigenvalue weighted by Crippen LogP contribution is -2.56. The quantitative estimate of drug-likeness (QED) is 0.541. The number of hydrogen-bond donors (Lipinski definition) is 1. The van der Waals surface area contributed by atoms with Crippen LogP contribution in [0.2, 0.25) is 0 Å². The first-order valence-corrected chi connectivity index (χ1v) is 12.5. The Morgan fingerprint density at radius 2 is 2.00 bits per heavy atom. The third-order valence-corrected chi connectivity index (χ3v) is 9.80. The van der Waals surface area contributed by atoms with Crippen molar-refractivity contribution in [1.82, 2.24) is 5.32 Å². The Morgan fingerprint density at radius 1 is 1.13 bits per heavy atom. The van der Waals surface area contributed by atoms with Crippen molar-refractivity contribution in [2.24, 2.45) is 39.7 Å². The Labute approximate surface area is 185 Å². The summed E-state index contributed by atoms with van der Waals surface area (Å²) >= 11 is 0. The van der Waals surface area contributed by atoms with E-state index in [0.717, 1.165) is 70.9 Å². The molecule has 7 atom stereocenters. The molecule has 0 aromatic rings. The van der Waals surface area contributed by atoms with E-state index >= 15 is 0 Å². The van der Waals surface area contributed by atoms with Crippen LogP contribution in [-0.2, 0) is 19.2 Å². The number of rotatable bonds is 4.